The monoisotopic (exact) mass is 385 g/mol. The molecule has 0 N–H and O–H groups in total. The molecule has 1 aliphatic heterocycles. The number of aliphatic imine (C=N–C) groups is 1. The van der Waals surface area contributed by atoms with Gasteiger partial charge in [-0.2, -0.15) is 4.99 Å². The molecule has 0 spiro atoms. The van der Waals surface area contributed by atoms with Crippen molar-refractivity contribution in [3.63, 3.8) is 0 Å². The Kier molecular flexibility index (Phi) is 5.50. The van der Waals surface area contributed by atoms with Crippen LogP contribution in [0.1, 0.15) is 78.4 Å². The van der Waals surface area contributed by atoms with E-state index in [0.717, 1.165) is 24.7 Å². The van der Waals surface area contributed by atoms with Crippen molar-refractivity contribution in [3.8, 4) is 0 Å². The Morgan fingerprint density at radius 3 is 2.46 bits per heavy atom. The van der Waals surface area contributed by atoms with Gasteiger partial charge in [-0.05, 0) is 84.3 Å². The van der Waals surface area contributed by atoms with E-state index in [-0.39, 0.29) is 24.2 Å². The molecule has 1 heterocycles. The molecule has 1 saturated heterocycles. The van der Waals surface area contributed by atoms with Crippen LogP contribution in [0.5, 0.6) is 0 Å². The summed E-state index contributed by atoms with van der Waals surface area (Å²) in [5.74, 6) is 0.0960. The van der Waals surface area contributed by atoms with Crippen LogP contribution in [0, 0.1) is 0 Å². The van der Waals surface area contributed by atoms with Gasteiger partial charge in [-0.3, -0.25) is 0 Å². The zero-order valence-corrected chi connectivity index (χ0v) is 18.2. The fourth-order valence-corrected chi connectivity index (χ4v) is 3.70. The third-order valence-corrected chi connectivity index (χ3v) is 5.85. The standard InChI is InChI=1S/C22H32BNO4/c1-20(2,3)26-19(25)24-14-15-10-8-12-17-16(15)11-9-13-18(17)23-27-21(4,5)22(6,7)28-23/h9,11,13-15H,8,10,12H2,1-7H3. The highest BCUT2D eigenvalue weighted by Crippen LogP contribution is 2.38. The molecule has 28 heavy (non-hydrogen) atoms. The average Bonchev–Trinajstić information content (AvgIpc) is 2.78. The van der Waals surface area contributed by atoms with Crippen molar-refractivity contribution in [2.24, 2.45) is 4.99 Å². The number of nitrogens with zero attached hydrogens (tertiary/aromatic N) is 1. The Labute approximate surface area is 169 Å². The van der Waals surface area contributed by atoms with Gasteiger partial charge in [0, 0.05) is 12.1 Å². The third kappa shape index (κ3) is 4.33. The molecule has 0 bridgehead atoms. The number of amides is 1. The second-order valence-electron chi connectivity index (χ2n) is 9.76. The van der Waals surface area contributed by atoms with Crippen molar-refractivity contribution in [2.75, 3.05) is 0 Å². The molecule has 1 amide bonds. The van der Waals surface area contributed by atoms with Crippen LogP contribution in [-0.2, 0) is 20.5 Å². The lowest BCUT2D eigenvalue weighted by atomic mass is 9.70. The number of carbonyl (C=O) groups is 1. The molecule has 0 radical (unpaired) electrons. The predicted octanol–water partition coefficient (Wildman–Crippen LogP) is 4.41. The Balaban J connectivity index is 1.84. The van der Waals surface area contributed by atoms with Crippen LogP contribution in [0.4, 0.5) is 4.79 Å². The maximum atomic E-state index is 12.0. The summed E-state index contributed by atoms with van der Waals surface area (Å²) >= 11 is 0. The molecule has 2 aliphatic rings. The highest BCUT2D eigenvalue weighted by atomic mass is 16.7. The zero-order chi connectivity index (χ0) is 20.7. The summed E-state index contributed by atoms with van der Waals surface area (Å²) < 4.78 is 17.8. The summed E-state index contributed by atoms with van der Waals surface area (Å²) in [4.78, 5) is 16.0. The minimum Gasteiger partial charge on any atom is -0.442 e. The van der Waals surface area contributed by atoms with Gasteiger partial charge in [-0.15, -0.1) is 0 Å². The second kappa shape index (κ2) is 7.31. The largest absolute Gasteiger partial charge is 0.495 e. The normalized spacial score (nSPS) is 23.7. The summed E-state index contributed by atoms with van der Waals surface area (Å²) in [6.45, 7) is 13.8. The van der Waals surface area contributed by atoms with Gasteiger partial charge in [0.15, 0.2) is 0 Å². The van der Waals surface area contributed by atoms with Gasteiger partial charge >= 0.3 is 13.2 Å². The Bertz CT molecular complexity index is 763. The first-order valence-corrected chi connectivity index (χ1v) is 10.1. The molecule has 3 rings (SSSR count). The van der Waals surface area contributed by atoms with Crippen molar-refractivity contribution in [3.05, 3.63) is 29.3 Å². The molecule has 6 heteroatoms. The average molecular weight is 385 g/mol. The van der Waals surface area contributed by atoms with Crippen molar-refractivity contribution in [1.29, 1.82) is 0 Å². The van der Waals surface area contributed by atoms with Gasteiger partial charge < -0.3 is 14.0 Å². The van der Waals surface area contributed by atoms with E-state index in [0.29, 0.717) is 0 Å². The summed E-state index contributed by atoms with van der Waals surface area (Å²) in [7, 11) is -0.374. The Morgan fingerprint density at radius 2 is 1.86 bits per heavy atom. The quantitative estimate of drug-likeness (QED) is 0.559. The molecule has 0 aromatic heterocycles. The highest BCUT2D eigenvalue weighted by molar-refractivity contribution is 6.62. The van der Waals surface area contributed by atoms with Gasteiger partial charge in [-0.25, -0.2) is 4.79 Å². The van der Waals surface area contributed by atoms with Gasteiger partial charge in [0.1, 0.15) is 5.60 Å². The number of hydrogen-bond acceptors (Lipinski definition) is 4. The minimum absolute atomic E-state index is 0.0960. The van der Waals surface area contributed by atoms with Crippen LogP contribution in [0.15, 0.2) is 23.2 Å². The van der Waals surface area contributed by atoms with Gasteiger partial charge in [0.05, 0.1) is 11.2 Å². The van der Waals surface area contributed by atoms with Gasteiger partial charge in [0.25, 0.3) is 0 Å². The SMILES string of the molecule is CC(C)(C)OC(=O)N=CC1CCCc2c(B3OC(C)(C)C(C)(C)O3)cccc21. The van der Waals surface area contributed by atoms with Crippen LogP contribution in [0.3, 0.4) is 0 Å². The summed E-state index contributed by atoms with van der Waals surface area (Å²) in [6, 6.07) is 6.25. The Morgan fingerprint density at radius 1 is 1.21 bits per heavy atom. The van der Waals surface area contributed by atoms with E-state index in [1.54, 1.807) is 6.21 Å². The van der Waals surface area contributed by atoms with E-state index >= 15 is 0 Å². The van der Waals surface area contributed by atoms with Gasteiger partial charge in [0.2, 0.25) is 0 Å². The van der Waals surface area contributed by atoms with Crippen molar-refractivity contribution in [1.82, 2.24) is 0 Å². The van der Waals surface area contributed by atoms with Crippen molar-refractivity contribution < 1.29 is 18.8 Å². The van der Waals surface area contributed by atoms with E-state index in [1.165, 1.54) is 11.1 Å². The maximum absolute atomic E-state index is 12.0. The predicted molar refractivity (Wildman–Crippen MR) is 113 cm³/mol. The number of rotatable bonds is 2. The molecular weight excluding hydrogens is 353 g/mol. The van der Waals surface area contributed by atoms with E-state index in [1.807, 2.05) is 26.8 Å². The van der Waals surface area contributed by atoms with Crippen LogP contribution >= 0.6 is 0 Å². The summed E-state index contributed by atoms with van der Waals surface area (Å²) in [6.07, 6.45) is 4.18. The highest BCUT2D eigenvalue weighted by Gasteiger charge is 2.52. The molecule has 1 aliphatic carbocycles. The number of hydrogen-bond donors (Lipinski definition) is 0. The molecule has 1 fully saturated rings. The lowest BCUT2D eigenvalue weighted by Crippen LogP contribution is -2.41. The van der Waals surface area contributed by atoms with Crippen molar-refractivity contribution >= 4 is 24.9 Å². The van der Waals surface area contributed by atoms with E-state index in [9.17, 15) is 4.79 Å². The molecule has 1 aromatic carbocycles. The molecular formula is C22H32BNO4. The van der Waals surface area contributed by atoms with Crippen LogP contribution in [0.25, 0.3) is 0 Å². The molecule has 1 atom stereocenters. The van der Waals surface area contributed by atoms with Crippen LogP contribution in [0.2, 0.25) is 0 Å². The number of fused-ring (bicyclic) bond motifs is 1. The first-order valence-electron chi connectivity index (χ1n) is 10.1. The third-order valence-electron chi connectivity index (χ3n) is 5.85. The van der Waals surface area contributed by atoms with E-state index in [4.69, 9.17) is 14.0 Å². The summed E-state index contributed by atoms with van der Waals surface area (Å²) in [5.41, 5.74) is 2.27. The molecule has 0 saturated carbocycles. The first-order chi connectivity index (χ1) is 12.9. The lowest BCUT2D eigenvalue weighted by Gasteiger charge is -2.32. The van der Waals surface area contributed by atoms with Crippen LogP contribution < -0.4 is 5.46 Å². The fraction of sp³-hybridized carbons (Fsp3) is 0.636. The topological polar surface area (TPSA) is 57.1 Å². The number of carbonyl (C=O) groups excluding carboxylic acids is 1. The molecule has 1 unspecified atom stereocenters. The minimum atomic E-state index is -0.540. The smallest absolute Gasteiger partial charge is 0.442 e. The van der Waals surface area contributed by atoms with E-state index in [2.05, 4.69) is 44.8 Å². The lowest BCUT2D eigenvalue weighted by molar-refractivity contribution is 0.00578. The number of ether oxygens (including phenoxy) is 1. The zero-order valence-electron chi connectivity index (χ0n) is 18.2. The molecule has 152 valence electrons. The Hall–Kier alpha value is -1.66. The van der Waals surface area contributed by atoms with Crippen LogP contribution in [-0.4, -0.2) is 36.2 Å². The maximum Gasteiger partial charge on any atom is 0.495 e. The number of benzene rings is 1. The summed E-state index contributed by atoms with van der Waals surface area (Å²) in [5, 5.41) is 0. The van der Waals surface area contributed by atoms with E-state index < -0.39 is 11.7 Å². The fourth-order valence-electron chi connectivity index (χ4n) is 3.70. The second-order valence-corrected chi connectivity index (χ2v) is 9.76. The molecule has 1 aromatic rings. The first kappa shape index (κ1) is 21.1. The van der Waals surface area contributed by atoms with Gasteiger partial charge in [-0.1, -0.05) is 18.2 Å². The molecule has 5 nitrogen and oxygen atoms in total. The van der Waals surface area contributed by atoms with Crippen molar-refractivity contribution in [2.45, 2.75) is 90.4 Å².